The van der Waals surface area contributed by atoms with Crippen LogP contribution in [-0.2, 0) is 6.54 Å². The first kappa shape index (κ1) is 10.0. The largest absolute Gasteiger partial charge is 0.317 e. The lowest BCUT2D eigenvalue weighted by molar-refractivity contribution is 0.387. The topological polar surface area (TPSA) is 49.8 Å². The number of nitrogens with zero attached hydrogens (tertiary/aromatic N) is 2. The van der Waals surface area contributed by atoms with Crippen molar-refractivity contribution in [1.29, 1.82) is 0 Å². The summed E-state index contributed by atoms with van der Waals surface area (Å²) in [5, 5.41) is 10.9. The van der Waals surface area contributed by atoms with Gasteiger partial charge in [0.15, 0.2) is 0 Å². The molecule has 1 saturated heterocycles. The average Bonchev–Trinajstić information content (AvgIpc) is 2.63. The maximum absolute atomic E-state index is 4.00. The molecule has 1 fully saturated rings. The molecule has 0 amide bonds. The van der Waals surface area contributed by atoms with Crippen molar-refractivity contribution in [3.63, 3.8) is 0 Å². The number of piperidine rings is 1. The zero-order valence-electron chi connectivity index (χ0n) is 8.42. The summed E-state index contributed by atoms with van der Waals surface area (Å²) in [4.78, 5) is 1.27. The second-order valence-electron chi connectivity index (χ2n) is 3.69. The van der Waals surface area contributed by atoms with Crippen LogP contribution in [-0.4, -0.2) is 28.7 Å². The van der Waals surface area contributed by atoms with Crippen LogP contribution >= 0.6 is 11.5 Å². The SMILES string of the molecule is Cc1nnsc1CNC1CCNCC1. The van der Waals surface area contributed by atoms with Crippen LogP contribution in [0.4, 0.5) is 0 Å². The lowest BCUT2D eigenvalue weighted by atomic mass is 10.1. The minimum atomic E-state index is 0.665. The van der Waals surface area contributed by atoms with E-state index in [1.165, 1.54) is 29.3 Å². The van der Waals surface area contributed by atoms with Gasteiger partial charge in [-0.25, -0.2) is 0 Å². The molecule has 1 aliphatic heterocycles. The number of hydrogen-bond acceptors (Lipinski definition) is 5. The molecule has 2 heterocycles. The first-order valence-electron chi connectivity index (χ1n) is 5.08. The van der Waals surface area contributed by atoms with E-state index in [4.69, 9.17) is 0 Å². The van der Waals surface area contributed by atoms with Gasteiger partial charge in [0.2, 0.25) is 0 Å². The highest BCUT2D eigenvalue weighted by atomic mass is 32.1. The van der Waals surface area contributed by atoms with Crippen LogP contribution in [0.5, 0.6) is 0 Å². The number of hydrogen-bond donors (Lipinski definition) is 2. The predicted octanol–water partition coefficient (Wildman–Crippen LogP) is 0.688. The van der Waals surface area contributed by atoms with Gasteiger partial charge in [-0.2, -0.15) is 0 Å². The highest BCUT2D eigenvalue weighted by Crippen LogP contribution is 2.10. The van der Waals surface area contributed by atoms with Crippen molar-refractivity contribution in [1.82, 2.24) is 20.2 Å². The molecule has 0 saturated carbocycles. The summed E-state index contributed by atoms with van der Waals surface area (Å²) in [6, 6.07) is 0.665. The summed E-state index contributed by atoms with van der Waals surface area (Å²) in [6.07, 6.45) is 2.45. The van der Waals surface area contributed by atoms with Crippen molar-refractivity contribution in [3.05, 3.63) is 10.6 Å². The van der Waals surface area contributed by atoms with Gasteiger partial charge >= 0.3 is 0 Å². The lowest BCUT2D eigenvalue weighted by Crippen LogP contribution is -2.39. The van der Waals surface area contributed by atoms with Gasteiger partial charge < -0.3 is 10.6 Å². The third kappa shape index (κ3) is 2.50. The Hall–Kier alpha value is -0.520. The van der Waals surface area contributed by atoms with Crippen molar-refractivity contribution < 1.29 is 0 Å². The lowest BCUT2D eigenvalue weighted by Gasteiger charge is -2.23. The Bertz CT molecular complexity index is 280. The summed E-state index contributed by atoms with van der Waals surface area (Å²) < 4.78 is 3.92. The number of rotatable bonds is 3. The summed E-state index contributed by atoms with van der Waals surface area (Å²) in [7, 11) is 0. The van der Waals surface area contributed by atoms with E-state index in [2.05, 4.69) is 20.2 Å². The van der Waals surface area contributed by atoms with Crippen LogP contribution in [0.2, 0.25) is 0 Å². The molecular weight excluding hydrogens is 196 g/mol. The Morgan fingerprint density at radius 1 is 1.50 bits per heavy atom. The normalized spacial score (nSPS) is 18.6. The zero-order chi connectivity index (χ0) is 9.80. The maximum atomic E-state index is 4.00. The van der Waals surface area contributed by atoms with Gasteiger partial charge in [-0.3, -0.25) is 0 Å². The molecule has 1 aromatic rings. The fraction of sp³-hybridized carbons (Fsp3) is 0.778. The monoisotopic (exact) mass is 212 g/mol. The Morgan fingerprint density at radius 3 is 2.93 bits per heavy atom. The van der Waals surface area contributed by atoms with E-state index in [0.29, 0.717) is 6.04 Å². The highest BCUT2D eigenvalue weighted by Gasteiger charge is 2.12. The Kier molecular flexibility index (Phi) is 3.44. The summed E-state index contributed by atoms with van der Waals surface area (Å²) in [5.74, 6) is 0. The fourth-order valence-corrected chi connectivity index (χ4v) is 2.26. The van der Waals surface area contributed by atoms with Crippen molar-refractivity contribution in [3.8, 4) is 0 Å². The van der Waals surface area contributed by atoms with Gasteiger partial charge in [0.05, 0.1) is 10.6 Å². The van der Waals surface area contributed by atoms with Crippen LogP contribution < -0.4 is 10.6 Å². The van der Waals surface area contributed by atoms with Crippen molar-refractivity contribution in [2.45, 2.75) is 32.4 Å². The molecule has 2 N–H and O–H groups in total. The molecule has 1 aromatic heterocycles. The van der Waals surface area contributed by atoms with Crippen molar-refractivity contribution >= 4 is 11.5 Å². The van der Waals surface area contributed by atoms with Gasteiger partial charge in [-0.15, -0.1) is 5.10 Å². The molecule has 0 unspecified atom stereocenters. The highest BCUT2D eigenvalue weighted by molar-refractivity contribution is 7.05. The first-order chi connectivity index (χ1) is 6.86. The Labute approximate surface area is 88.3 Å². The molecule has 4 nitrogen and oxygen atoms in total. The minimum Gasteiger partial charge on any atom is -0.317 e. The molecule has 0 aliphatic carbocycles. The second kappa shape index (κ2) is 4.82. The third-order valence-electron chi connectivity index (χ3n) is 2.64. The number of aryl methyl sites for hydroxylation is 1. The maximum Gasteiger partial charge on any atom is 0.0769 e. The van der Waals surface area contributed by atoms with Crippen LogP contribution in [0.1, 0.15) is 23.4 Å². The minimum absolute atomic E-state index is 0.665. The predicted molar refractivity (Wildman–Crippen MR) is 57.4 cm³/mol. The summed E-state index contributed by atoms with van der Waals surface area (Å²) in [6.45, 7) is 5.21. The molecular formula is C9H16N4S. The molecule has 0 aromatic carbocycles. The second-order valence-corrected chi connectivity index (χ2v) is 4.53. The summed E-state index contributed by atoms with van der Waals surface area (Å²) in [5.41, 5.74) is 1.07. The van der Waals surface area contributed by atoms with E-state index in [1.54, 1.807) is 0 Å². The van der Waals surface area contributed by atoms with Gasteiger partial charge in [0.25, 0.3) is 0 Å². The van der Waals surface area contributed by atoms with E-state index in [1.807, 2.05) is 6.92 Å². The Balaban J connectivity index is 1.79. The molecule has 1 aliphatic rings. The molecule has 0 bridgehead atoms. The van der Waals surface area contributed by atoms with Gasteiger partial charge in [-0.1, -0.05) is 4.49 Å². The van der Waals surface area contributed by atoms with E-state index in [0.717, 1.165) is 25.3 Å². The Morgan fingerprint density at radius 2 is 2.29 bits per heavy atom. The van der Waals surface area contributed by atoms with Gasteiger partial charge in [0, 0.05) is 12.6 Å². The molecule has 14 heavy (non-hydrogen) atoms. The van der Waals surface area contributed by atoms with Crippen LogP contribution in [0, 0.1) is 6.92 Å². The molecule has 0 radical (unpaired) electrons. The quantitative estimate of drug-likeness (QED) is 0.774. The van der Waals surface area contributed by atoms with Gasteiger partial charge in [-0.05, 0) is 44.4 Å². The van der Waals surface area contributed by atoms with Crippen LogP contribution in [0.15, 0.2) is 0 Å². The number of aromatic nitrogens is 2. The molecule has 0 atom stereocenters. The smallest absolute Gasteiger partial charge is 0.0769 e. The molecule has 78 valence electrons. The number of nitrogens with one attached hydrogen (secondary N) is 2. The standard InChI is InChI=1S/C9H16N4S/c1-7-9(14-13-12-7)6-11-8-2-4-10-5-3-8/h8,10-11H,2-6H2,1H3. The van der Waals surface area contributed by atoms with E-state index in [-0.39, 0.29) is 0 Å². The van der Waals surface area contributed by atoms with E-state index >= 15 is 0 Å². The van der Waals surface area contributed by atoms with Crippen molar-refractivity contribution in [2.75, 3.05) is 13.1 Å². The fourth-order valence-electron chi connectivity index (χ4n) is 1.68. The van der Waals surface area contributed by atoms with Crippen molar-refractivity contribution in [2.24, 2.45) is 0 Å². The van der Waals surface area contributed by atoms with Crippen LogP contribution in [0.3, 0.4) is 0 Å². The van der Waals surface area contributed by atoms with E-state index in [9.17, 15) is 0 Å². The zero-order valence-corrected chi connectivity index (χ0v) is 9.23. The van der Waals surface area contributed by atoms with Gasteiger partial charge in [0.1, 0.15) is 0 Å². The molecule has 0 spiro atoms. The molecule has 5 heteroatoms. The summed E-state index contributed by atoms with van der Waals surface area (Å²) >= 11 is 1.50. The van der Waals surface area contributed by atoms with Crippen LogP contribution in [0.25, 0.3) is 0 Å². The first-order valence-corrected chi connectivity index (χ1v) is 5.85. The van der Waals surface area contributed by atoms with E-state index < -0.39 is 0 Å². The third-order valence-corrected chi connectivity index (χ3v) is 3.46. The molecule has 2 rings (SSSR count). The average molecular weight is 212 g/mol.